The zero-order valence-corrected chi connectivity index (χ0v) is 14.5. The minimum absolute atomic E-state index is 0.210. The van der Waals surface area contributed by atoms with Crippen molar-refractivity contribution in [2.75, 3.05) is 13.6 Å². The second-order valence-corrected chi connectivity index (χ2v) is 6.97. The number of rotatable bonds is 5. The fraction of sp³-hybridized carbons (Fsp3) is 0.375. The van der Waals surface area contributed by atoms with Crippen molar-refractivity contribution in [1.29, 1.82) is 0 Å². The molecule has 108 valence electrons. The van der Waals surface area contributed by atoms with Crippen LogP contribution in [-0.4, -0.2) is 18.5 Å². The first-order chi connectivity index (χ1) is 9.54. The molecule has 2 atom stereocenters. The first kappa shape index (κ1) is 15.7. The van der Waals surface area contributed by atoms with E-state index in [4.69, 9.17) is 5.73 Å². The molecule has 2 N–H and O–H groups in total. The van der Waals surface area contributed by atoms with E-state index < -0.39 is 0 Å². The van der Waals surface area contributed by atoms with Crippen molar-refractivity contribution in [3.05, 3.63) is 56.2 Å². The van der Waals surface area contributed by atoms with Gasteiger partial charge < -0.3 is 5.73 Å². The van der Waals surface area contributed by atoms with Crippen LogP contribution in [0.4, 0.5) is 0 Å². The molecule has 0 spiro atoms. The van der Waals surface area contributed by atoms with E-state index in [0.29, 0.717) is 12.6 Å². The van der Waals surface area contributed by atoms with E-state index in [1.807, 2.05) is 0 Å². The van der Waals surface area contributed by atoms with E-state index in [1.165, 1.54) is 16.0 Å². The lowest BCUT2D eigenvalue weighted by atomic mass is 10.0. The van der Waals surface area contributed by atoms with Gasteiger partial charge in [-0.25, -0.2) is 0 Å². The van der Waals surface area contributed by atoms with Crippen LogP contribution < -0.4 is 5.73 Å². The minimum atomic E-state index is 0.210. The number of hydrogen-bond acceptors (Lipinski definition) is 3. The molecule has 2 rings (SSSR count). The number of benzene rings is 1. The molecule has 0 aliphatic rings. The summed E-state index contributed by atoms with van der Waals surface area (Å²) < 4.78 is 1.14. The number of aryl methyl sites for hydroxylation is 1. The van der Waals surface area contributed by atoms with Crippen LogP contribution in [0.5, 0.6) is 0 Å². The van der Waals surface area contributed by atoms with Crippen LogP contribution in [-0.2, 0) is 0 Å². The molecular formula is C16H21BrN2S. The number of likely N-dealkylation sites (N-methyl/N-ethyl adjacent to an activating group) is 1. The van der Waals surface area contributed by atoms with Crippen molar-refractivity contribution in [2.45, 2.75) is 25.9 Å². The molecule has 0 radical (unpaired) electrons. The zero-order chi connectivity index (χ0) is 14.7. The highest BCUT2D eigenvalue weighted by atomic mass is 79.9. The Hall–Kier alpha value is -0.680. The summed E-state index contributed by atoms with van der Waals surface area (Å²) in [5.41, 5.74) is 8.55. The highest BCUT2D eigenvalue weighted by Gasteiger charge is 2.23. The number of halogens is 1. The Morgan fingerprint density at radius 1 is 1.35 bits per heavy atom. The SMILES string of the molecule is Cc1ccc(C(CN)N(C)C(C)c2cccs2)c(Br)c1. The second kappa shape index (κ2) is 6.85. The maximum absolute atomic E-state index is 6.04. The molecule has 0 aliphatic heterocycles. The smallest absolute Gasteiger partial charge is 0.0484 e. The molecule has 0 saturated heterocycles. The molecule has 1 aromatic heterocycles. The van der Waals surface area contributed by atoms with E-state index in [1.54, 1.807) is 11.3 Å². The van der Waals surface area contributed by atoms with E-state index in [-0.39, 0.29) is 6.04 Å². The third-order valence-corrected chi connectivity index (χ3v) is 5.53. The van der Waals surface area contributed by atoms with Gasteiger partial charge in [-0.3, -0.25) is 4.90 Å². The summed E-state index contributed by atoms with van der Waals surface area (Å²) in [5, 5.41) is 2.12. The van der Waals surface area contributed by atoms with E-state index >= 15 is 0 Å². The third kappa shape index (κ3) is 3.31. The Morgan fingerprint density at radius 3 is 2.65 bits per heavy atom. The van der Waals surface area contributed by atoms with Crippen LogP contribution in [0.2, 0.25) is 0 Å². The Labute approximate surface area is 133 Å². The molecule has 0 saturated carbocycles. The zero-order valence-electron chi connectivity index (χ0n) is 12.1. The number of nitrogens with zero attached hydrogens (tertiary/aromatic N) is 1. The first-order valence-corrected chi connectivity index (χ1v) is 8.43. The summed E-state index contributed by atoms with van der Waals surface area (Å²) in [6, 6.07) is 11.3. The maximum atomic E-state index is 6.04. The van der Waals surface area contributed by atoms with Gasteiger partial charge in [-0.1, -0.05) is 34.1 Å². The van der Waals surface area contributed by atoms with Crippen molar-refractivity contribution in [2.24, 2.45) is 5.73 Å². The van der Waals surface area contributed by atoms with Crippen LogP contribution in [0.1, 0.15) is 35.0 Å². The number of nitrogens with two attached hydrogens (primary N) is 1. The molecule has 0 bridgehead atoms. The van der Waals surface area contributed by atoms with Gasteiger partial charge in [-0.2, -0.15) is 0 Å². The quantitative estimate of drug-likeness (QED) is 0.857. The summed E-state index contributed by atoms with van der Waals surface area (Å²) in [6.07, 6.45) is 0. The van der Waals surface area contributed by atoms with Crippen molar-refractivity contribution >= 4 is 27.3 Å². The van der Waals surface area contributed by atoms with Crippen LogP contribution in [0.25, 0.3) is 0 Å². The van der Waals surface area contributed by atoms with Crippen molar-refractivity contribution < 1.29 is 0 Å². The van der Waals surface area contributed by atoms with Gasteiger partial charge in [0.1, 0.15) is 0 Å². The highest BCUT2D eigenvalue weighted by Crippen LogP contribution is 2.33. The normalized spacial score (nSPS) is 14.5. The van der Waals surface area contributed by atoms with Crippen molar-refractivity contribution in [3.8, 4) is 0 Å². The average Bonchev–Trinajstić information content (AvgIpc) is 2.94. The standard InChI is InChI=1S/C16H21BrN2S/c1-11-6-7-13(14(17)9-11)15(10-18)19(3)12(2)16-5-4-8-20-16/h4-9,12,15H,10,18H2,1-3H3. The Balaban J connectivity index is 2.27. The Morgan fingerprint density at radius 2 is 2.10 bits per heavy atom. The minimum Gasteiger partial charge on any atom is -0.329 e. The predicted molar refractivity (Wildman–Crippen MR) is 91.2 cm³/mol. The molecule has 1 heterocycles. The van der Waals surface area contributed by atoms with Gasteiger partial charge in [0.25, 0.3) is 0 Å². The number of hydrogen-bond donors (Lipinski definition) is 1. The molecule has 0 aliphatic carbocycles. The van der Waals surface area contributed by atoms with Crippen molar-refractivity contribution in [3.63, 3.8) is 0 Å². The van der Waals surface area contributed by atoms with Crippen LogP contribution >= 0.6 is 27.3 Å². The van der Waals surface area contributed by atoms with Gasteiger partial charge in [-0.05, 0) is 49.5 Å². The molecular weight excluding hydrogens is 332 g/mol. The van der Waals surface area contributed by atoms with Gasteiger partial charge in [0.05, 0.1) is 0 Å². The molecule has 0 amide bonds. The lowest BCUT2D eigenvalue weighted by molar-refractivity contribution is 0.192. The fourth-order valence-corrected chi connectivity index (χ4v) is 4.01. The summed E-state index contributed by atoms with van der Waals surface area (Å²) in [5.74, 6) is 0. The van der Waals surface area contributed by atoms with Crippen LogP contribution in [0.3, 0.4) is 0 Å². The number of thiophene rings is 1. The van der Waals surface area contributed by atoms with Crippen molar-refractivity contribution in [1.82, 2.24) is 4.90 Å². The second-order valence-electron chi connectivity index (χ2n) is 5.13. The largest absolute Gasteiger partial charge is 0.329 e. The Kier molecular flexibility index (Phi) is 5.38. The average molecular weight is 353 g/mol. The highest BCUT2D eigenvalue weighted by molar-refractivity contribution is 9.10. The van der Waals surface area contributed by atoms with Crippen LogP contribution in [0.15, 0.2) is 40.2 Å². The molecule has 0 fully saturated rings. The molecule has 2 aromatic rings. The fourth-order valence-electron chi connectivity index (χ4n) is 2.41. The lowest BCUT2D eigenvalue weighted by Gasteiger charge is -2.33. The Bertz CT molecular complexity index is 554. The lowest BCUT2D eigenvalue weighted by Crippen LogP contribution is -2.32. The molecule has 1 aromatic carbocycles. The van der Waals surface area contributed by atoms with E-state index in [9.17, 15) is 0 Å². The van der Waals surface area contributed by atoms with Gasteiger partial charge in [0, 0.05) is 28.0 Å². The first-order valence-electron chi connectivity index (χ1n) is 6.76. The maximum Gasteiger partial charge on any atom is 0.0484 e. The van der Waals surface area contributed by atoms with E-state index in [2.05, 4.69) is 77.4 Å². The van der Waals surface area contributed by atoms with Gasteiger partial charge in [0.15, 0.2) is 0 Å². The summed E-state index contributed by atoms with van der Waals surface area (Å²) in [4.78, 5) is 3.72. The summed E-state index contributed by atoms with van der Waals surface area (Å²) in [7, 11) is 2.15. The summed E-state index contributed by atoms with van der Waals surface area (Å²) >= 11 is 5.47. The molecule has 2 unspecified atom stereocenters. The monoisotopic (exact) mass is 352 g/mol. The predicted octanol–water partition coefficient (Wildman–Crippen LogP) is 4.51. The third-order valence-electron chi connectivity index (χ3n) is 3.80. The van der Waals surface area contributed by atoms with Gasteiger partial charge in [-0.15, -0.1) is 11.3 Å². The summed E-state index contributed by atoms with van der Waals surface area (Å²) in [6.45, 7) is 4.94. The topological polar surface area (TPSA) is 29.3 Å². The molecule has 4 heteroatoms. The van der Waals surface area contributed by atoms with Gasteiger partial charge >= 0.3 is 0 Å². The van der Waals surface area contributed by atoms with Crippen LogP contribution in [0, 0.1) is 6.92 Å². The molecule has 2 nitrogen and oxygen atoms in total. The molecule has 20 heavy (non-hydrogen) atoms. The van der Waals surface area contributed by atoms with Gasteiger partial charge in [0.2, 0.25) is 0 Å². The van der Waals surface area contributed by atoms with E-state index in [0.717, 1.165) is 4.47 Å².